The van der Waals surface area contributed by atoms with Gasteiger partial charge >= 0.3 is 0 Å². The highest BCUT2D eigenvalue weighted by Gasteiger charge is 2.23. The SMILES string of the molecule is CC(C)C1CC[NH+](CCO)CC1. The molecule has 1 saturated heterocycles. The molecule has 0 spiro atoms. The number of rotatable bonds is 3. The van der Waals surface area contributed by atoms with Gasteiger partial charge in [-0.1, -0.05) is 13.8 Å². The fraction of sp³-hybridized carbons (Fsp3) is 1.00. The van der Waals surface area contributed by atoms with Crippen LogP contribution >= 0.6 is 0 Å². The van der Waals surface area contributed by atoms with Crippen molar-refractivity contribution in [3.8, 4) is 0 Å². The molecule has 0 saturated carbocycles. The summed E-state index contributed by atoms with van der Waals surface area (Å²) in [5, 5.41) is 8.77. The lowest BCUT2D eigenvalue weighted by molar-refractivity contribution is -0.906. The van der Waals surface area contributed by atoms with Crippen molar-refractivity contribution in [3.63, 3.8) is 0 Å². The highest BCUT2D eigenvalue weighted by atomic mass is 16.3. The molecule has 2 nitrogen and oxygen atoms in total. The first kappa shape index (κ1) is 10.0. The van der Waals surface area contributed by atoms with Crippen molar-refractivity contribution in [1.82, 2.24) is 0 Å². The number of aliphatic hydroxyl groups is 1. The Balaban J connectivity index is 2.20. The molecule has 12 heavy (non-hydrogen) atoms. The molecule has 0 aliphatic carbocycles. The van der Waals surface area contributed by atoms with Crippen LogP contribution in [0.3, 0.4) is 0 Å². The molecule has 1 rings (SSSR count). The van der Waals surface area contributed by atoms with E-state index in [-0.39, 0.29) is 0 Å². The number of quaternary nitrogens is 1. The van der Waals surface area contributed by atoms with Crippen molar-refractivity contribution in [2.24, 2.45) is 11.8 Å². The third-order valence-corrected chi connectivity index (χ3v) is 3.15. The molecule has 1 fully saturated rings. The third-order valence-electron chi connectivity index (χ3n) is 3.15. The first-order valence-corrected chi connectivity index (χ1v) is 5.18. The Morgan fingerprint density at radius 2 is 1.92 bits per heavy atom. The molecule has 0 aromatic carbocycles. The first-order valence-electron chi connectivity index (χ1n) is 5.18. The number of hydrogen-bond acceptors (Lipinski definition) is 1. The summed E-state index contributed by atoms with van der Waals surface area (Å²) in [6.45, 7) is 8.47. The minimum absolute atomic E-state index is 0.349. The highest BCUT2D eigenvalue weighted by molar-refractivity contribution is 4.65. The Labute approximate surface area is 75.6 Å². The third kappa shape index (κ3) is 2.76. The number of nitrogens with one attached hydrogen (secondary N) is 1. The molecular weight excluding hydrogens is 150 g/mol. The molecule has 0 radical (unpaired) electrons. The van der Waals surface area contributed by atoms with Gasteiger partial charge in [0.2, 0.25) is 0 Å². The standard InChI is InChI=1S/C10H21NO/c1-9(2)10-3-5-11(6-4-10)7-8-12/h9-10,12H,3-8H2,1-2H3/p+1. The van der Waals surface area contributed by atoms with Crippen LogP contribution in [0.25, 0.3) is 0 Å². The van der Waals surface area contributed by atoms with E-state index in [0.29, 0.717) is 6.61 Å². The van der Waals surface area contributed by atoms with Gasteiger partial charge in [0.25, 0.3) is 0 Å². The molecule has 2 heteroatoms. The van der Waals surface area contributed by atoms with Crippen LogP contribution in [0.4, 0.5) is 0 Å². The van der Waals surface area contributed by atoms with Gasteiger partial charge in [0.1, 0.15) is 6.54 Å². The number of piperidine rings is 1. The topological polar surface area (TPSA) is 24.7 Å². The van der Waals surface area contributed by atoms with E-state index in [1.807, 2.05) is 0 Å². The summed E-state index contributed by atoms with van der Waals surface area (Å²) in [6.07, 6.45) is 2.71. The Hall–Kier alpha value is -0.0800. The summed E-state index contributed by atoms with van der Waals surface area (Å²) in [5.74, 6) is 1.79. The fourth-order valence-corrected chi connectivity index (χ4v) is 2.12. The van der Waals surface area contributed by atoms with Crippen molar-refractivity contribution < 1.29 is 10.0 Å². The lowest BCUT2D eigenvalue weighted by atomic mass is 9.87. The average Bonchev–Trinajstić information content (AvgIpc) is 2.06. The Bertz CT molecular complexity index is 117. The van der Waals surface area contributed by atoms with E-state index in [2.05, 4.69) is 13.8 Å². The predicted octanol–water partition coefficient (Wildman–Crippen LogP) is -0.0704. The molecule has 1 aliphatic heterocycles. The van der Waals surface area contributed by atoms with E-state index in [0.717, 1.165) is 18.4 Å². The molecule has 1 aliphatic rings. The summed E-state index contributed by atoms with van der Waals surface area (Å²) in [7, 11) is 0. The molecule has 2 N–H and O–H groups in total. The van der Waals surface area contributed by atoms with Crippen LogP contribution in [0.15, 0.2) is 0 Å². The van der Waals surface area contributed by atoms with Crippen LogP contribution in [0.1, 0.15) is 26.7 Å². The lowest BCUT2D eigenvalue weighted by Crippen LogP contribution is -3.13. The summed E-state index contributed by atoms with van der Waals surface area (Å²) in [6, 6.07) is 0. The fourth-order valence-electron chi connectivity index (χ4n) is 2.12. The van der Waals surface area contributed by atoms with Crippen LogP contribution in [-0.4, -0.2) is 31.3 Å². The van der Waals surface area contributed by atoms with Gasteiger partial charge in [-0.05, 0) is 24.7 Å². The molecule has 72 valence electrons. The largest absolute Gasteiger partial charge is 0.391 e. The van der Waals surface area contributed by atoms with Crippen molar-refractivity contribution in [2.45, 2.75) is 26.7 Å². The van der Waals surface area contributed by atoms with Crippen LogP contribution in [0.2, 0.25) is 0 Å². The minimum atomic E-state index is 0.349. The quantitative estimate of drug-likeness (QED) is 0.612. The summed E-state index contributed by atoms with van der Waals surface area (Å²) in [5.41, 5.74) is 0. The Morgan fingerprint density at radius 3 is 2.33 bits per heavy atom. The number of hydrogen-bond donors (Lipinski definition) is 2. The summed E-state index contributed by atoms with van der Waals surface area (Å²) in [4.78, 5) is 1.59. The van der Waals surface area contributed by atoms with Crippen LogP contribution < -0.4 is 4.90 Å². The molecule has 0 amide bonds. The lowest BCUT2D eigenvalue weighted by Gasteiger charge is -2.30. The smallest absolute Gasteiger partial charge is 0.101 e. The second-order valence-electron chi connectivity index (χ2n) is 4.31. The van der Waals surface area contributed by atoms with Gasteiger partial charge in [-0.2, -0.15) is 0 Å². The van der Waals surface area contributed by atoms with E-state index < -0.39 is 0 Å². The molecular formula is C10H22NO+. The van der Waals surface area contributed by atoms with E-state index in [4.69, 9.17) is 5.11 Å². The van der Waals surface area contributed by atoms with Gasteiger partial charge in [0, 0.05) is 0 Å². The van der Waals surface area contributed by atoms with E-state index in [9.17, 15) is 0 Å². The maximum Gasteiger partial charge on any atom is 0.101 e. The maximum atomic E-state index is 8.77. The van der Waals surface area contributed by atoms with Gasteiger partial charge in [-0.15, -0.1) is 0 Å². The predicted molar refractivity (Wildman–Crippen MR) is 50.2 cm³/mol. The average molecular weight is 172 g/mol. The molecule has 0 atom stereocenters. The van der Waals surface area contributed by atoms with Crippen LogP contribution in [0, 0.1) is 11.8 Å². The molecule has 0 bridgehead atoms. The second kappa shape index (κ2) is 4.83. The molecule has 1 heterocycles. The summed E-state index contributed by atoms with van der Waals surface area (Å²) < 4.78 is 0. The zero-order chi connectivity index (χ0) is 8.97. The van der Waals surface area contributed by atoms with Crippen LogP contribution in [-0.2, 0) is 0 Å². The van der Waals surface area contributed by atoms with Crippen molar-refractivity contribution in [3.05, 3.63) is 0 Å². The molecule has 0 unspecified atom stereocenters. The molecule has 0 aromatic heterocycles. The zero-order valence-corrected chi connectivity index (χ0v) is 8.34. The summed E-state index contributed by atoms with van der Waals surface area (Å²) >= 11 is 0. The normalized spacial score (nSPS) is 31.0. The Morgan fingerprint density at radius 1 is 1.33 bits per heavy atom. The van der Waals surface area contributed by atoms with Gasteiger partial charge in [-0.25, -0.2) is 0 Å². The number of aliphatic hydroxyl groups excluding tert-OH is 1. The van der Waals surface area contributed by atoms with E-state index >= 15 is 0 Å². The minimum Gasteiger partial charge on any atom is -0.391 e. The van der Waals surface area contributed by atoms with Crippen molar-refractivity contribution >= 4 is 0 Å². The first-order chi connectivity index (χ1) is 5.74. The second-order valence-corrected chi connectivity index (χ2v) is 4.31. The highest BCUT2D eigenvalue weighted by Crippen LogP contribution is 2.18. The Kier molecular flexibility index (Phi) is 4.02. The maximum absolute atomic E-state index is 8.77. The van der Waals surface area contributed by atoms with Crippen molar-refractivity contribution in [2.75, 3.05) is 26.2 Å². The number of likely N-dealkylation sites (tertiary alicyclic amines) is 1. The van der Waals surface area contributed by atoms with Gasteiger partial charge < -0.3 is 10.0 Å². The molecule has 0 aromatic rings. The monoisotopic (exact) mass is 172 g/mol. The van der Waals surface area contributed by atoms with Gasteiger partial charge in [0.05, 0.1) is 19.7 Å². The van der Waals surface area contributed by atoms with E-state index in [1.54, 1.807) is 4.90 Å². The zero-order valence-electron chi connectivity index (χ0n) is 8.34. The van der Waals surface area contributed by atoms with E-state index in [1.165, 1.54) is 25.9 Å². The van der Waals surface area contributed by atoms with Gasteiger partial charge in [-0.3, -0.25) is 0 Å². The van der Waals surface area contributed by atoms with Crippen molar-refractivity contribution in [1.29, 1.82) is 0 Å². The van der Waals surface area contributed by atoms with Gasteiger partial charge in [0.15, 0.2) is 0 Å². The van der Waals surface area contributed by atoms with Crippen LogP contribution in [0.5, 0.6) is 0 Å².